The Morgan fingerprint density at radius 1 is 1.27 bits per heavy atom. The minimum Gasteiger partial charge on any atom is -0.462 e. The molecule has 0 N–H and O–H groups in total. The highest BCUT2D eigenvalue weighted by molar-refractivity contribution is 7.77. The van der Waals surface area contributed by atoms with Crippen LogP contribution in [0.2, 0.25) is 0 Å². The Labute approximate surface area is 139 Å². The summed E-state index contributed by atoms with van der Waals surface area (Å²) in [5, 5.41) is 0.531. The lowest BCUT2D eigenvalue weighted by Gasteiger charge is -2.11. The Hall–Kier alpha value is -1.57. The quantitative estimate of drug-likeness (QED) is 0.524. The lowest BCUT2D eigenvalue weighted by molar-refractivity contribution is 0.0524. The van der Waals surface area contributed by atoms with Gasteiger partial charge in [0.05, 0.1) is 12.1 Å². The van der Waals surface area contributed by atoms with E-state index in [-0.39, 0.29) is 17.6 Å². The Morgan fingerprint density at radius 3 is 2.59 bits per heavy atom. The van der Waals surface area contributed by atoms with Gasteiger partial charge in [-0.1, -0.05) is 12.2 Å². The Morgan fingerprint density at radius 2 is 1.95 bits per heavy atom. The van der Waals surface area contributed by atoms with E-state index in [4.69, 9.17) is 17.0 Å². The average molecular weight is 351 g/mol. The molecular formula is C15H13NO3S3. The lowest BCUT2D eigenvalue weighted by Crippen LogP contribution is -2.20. The van der Waals surface area contributed by atoms with E-state index in [1.54, 1.807) is 13.1 Å². The van der Waals surface area contributed by atoms with E-state index in [1.807, 2.05) is 23.6 Å². The Kier molecular flexibility index (Phi) is 4.12. The van der Waals surface area contributed by atoms with Gasteiger partial charge < -0.3 is 9.30 Å². The number of aromatic nitrogens is 1. The molecule has 0 aliphatic rings. The number of ether oxygens (including phenoxy) is 1. The van der Waals surface area contributed by atoms with Crippen LogP contribution < -0.4 is 5.43 Å². The van der Waals surface area contributed by atoms with Gasteiger partial charge in [0.1, 0.15) is 8.70 Å². The van der Waals surface area contributed by atoms with Crippen LogP contribution in [0.5, 0.6) is 0 Å². The molecule has 3 aromatic rings. The van der Waals surface area contributed by atoms with Crippen LogP contribution in [-0.2, 0) is 11.3 Å². The molecule has 114 valence electrons. The van der Waals surface area contributed by atoms with E-state index in [2.05, 4.69) is 0 Å². The molecule has 0 amide bonds. The number of aryl methyl sites for hydroxylation is 1. The second-order valence-corrected chi connectivity index (χ2v) is 7.94. The normalized spacial score (nSPS) is 11.2. The molecular weight excluding hydrogens is 338 g/mol. The first-order chi connectivity index (χ1) is 10.5. The summed E-state index contributed by atoms with van der Waals surface area (Å²) in [6, 6.07) is 3.81. The average Bonchev–Trinajstić information content (AvgIpc) is 2.85. The Balaban J connectivity index is 2.40. The Bertz CT molecular complexity index is 997. The smallest absolute Gasteiger partial charge is 0.343 e. The summed E-state index contributed by atoms with van der Waals surface area (Å²) in [7, 11) is 0. The number of rotatable bonds is 3. The topological polar surface area (TPSA) is 48.3 Å². The third-order valence-electron chi connectivity index (χ3n) is 3.37. The molecule has 0 spiro atoms. The molecule has 7 heteroatoms. The molecule has 3 rings (SSSR count). The first-order valence-electron chi connectivity index (χ1n) is 6.83. The summed E-state index contributed by atoms with van der Waals surface area (Å²) in [5.41, 5.74) is 0.607. The van der Waals surface area contributed by atoms with Gasteiger partial charge in [0.2, 0.25) is 5.43 Å². The summed E-state index contributed by atoms with van der Waals surface area (Å²) in [6.45, 7) is 4.59. The molecule has 0 aliphatic heterocycles. The van der Waals surface area contributed by atoms with E-state index in [1.165, 1.54) is 22.7 Å². The monoisotopic (exact) mass is 351 g/mol. The number of hydrogen-bond donors (Lipinski definition) is 0. The van der Waals surface area contributed by atoms with E-state index in [0.29, 0.717) is 11.9 Å². The molecule has 0 bridgehead atoms. The number of carbonyl (C=O) groups excluding carboxylic acids is 1. The summed E-state index contributed by atoms with van der Waals surface area (Å²) in [4.78, 5) is 24.6. The van der Waals surface area contributed by atoms with Gasteiger partial charge in [0.25, 0.3) is 0 Å². The van der Waals surface area contributed by atoms with Crippen molar-refractivity contribution in [3.63, 3.8) is 0 Å². The first kappa shape index (κ1) is 15.3. The van der Waals surface area contributed by atoms with Crippen LogP contribution in [0.25, 0.3) is 20.3 Å². The molecule has 0 saturated carbocycles. The van der Waals surface area contributed by atoms with Gasteiger partial charge in [0, 0.05) is 27.5 Å². The third kappa shape index (κ3) is 2.49. The van der Waals surface area contributed by atoms with Crippen molar-refractivity contribution in [3.05, 3.63) is 37.3 Å². The highest BCUT2D eigenvalue weighted by atomic mass is 32.2. The number of carbonyl (C=O) groups is 1. The fourth-order valence-corrected chi connectivity index (χ4v) is 4.89. The number of fused-ring (bicyclic) bond motifs is 2. The van der Waals surface area contributed by atoms with Crippen molar-refractivity contribution in [2.45, 2.75) is 20.4 Å². The van der Waals surface area contributed by atoms with E-state index in [0.717, 1.165) is 18.1 Å². The fourth-order valence-electron chi connectivity index (χ4n) is 2.37. The number of esters is 1. The van der Waals surface area contributed by atoms with Gasteiger partial charge >= 0.3 is 5.97 Å². The number of pyridine rings is 1. The molecule has 2 heterocycles. The summed E-state index contributed by atoms with van der Waals surface area (Å²) >= 11 is 8.25. The minimum atomic E-state index is -0.574. The predicted molar refractivity (Wildman–Crippen MR) is 93.9 cm³/mol. The van der Waals surface area contributed by atoms with Crippen LogP contribution >= 0.6 is 34.9 Å². The summed E-state index contributed by atoms with van der Waals surface area (Å²) in [6.07, 6.45) is 1.58. The van der Waals surface area contributed by atoms with E-state index >= 15 is 0 Å². The second kappa shape index (κ2) is 5.91. The van der Waals surface area contributed by atoms with Crippen LogP contribution in [0.1, 0.15) is 24.2 Å². The van der Waals surface area contributed by atoms with Crippen molar-refractivity contribution < 1.29 is 9.53 Å². The van der Waals surface area contributed by atoms with Gasteiger partial charge in [-0.3, -0.25) is 4.79 Å². The SMILES string of the molecule is CCOC(=O)c1cn(CC)c2cc3sc(=S)sc3cc2c1=O. The largest absolute Gasteiger partial charge is 0.462 e. The molecule has 0 aliphatic carbocycles. The van der Waals surface area contributed by atoms with Crippen molar-refractivity contribution in [1.29, 1.82) is 0 Å². The minimum absolute atomic E-state index is 0.0781. The van der Waals surface area contributed by atoms with Gasteiger partial charge in [0.15, 0.2) is 0 Å². The van der Waals surface area contributed by atoms with E-state index < -0.39 is 5.97 Å². The third-order valence-corrected chi connectivity index (χ3v) is 5.95. The highest BCUT2D eigenvalue weighted by Gasteiger charge is 2.17. The van der Waals surface area contributed by atoms with Gasteiger partial charge in [-0.2, -0.15) is 0 Å². The van der Waals surface area contributed by atoms with Crippen LogP contribution in [-0.4, -0.2) is 17.1 Å². The molecule has 0 saturated heterocycles. The lowest BCUT2D eigenvalue weighted by atomic mass is 10.1. The molecule has 1 aromatic carbocycles. The summed E-state index contributed by atoms with van der Waals surface area (Å²) in [5.74, 6) is -0.574. The van der Waals surface area contributed by atoms with Gasteiger partial charge in [-0.05, 0) is 26.0 Å². The standard InChI is InChI=1S/C15H13NO3S3/c1-3-16-7-9(14(18)19-4-2)13(17)8-5-11-12(6-10(8)16)22-15(20)21-11/h5-7H,3-4H2,1-2H3. The van der Waals surface area contributed by atoms with Crippen LogP contribution in [0, 0.1) is 3.14 Å². The maximum absolute atomic E-state index is 12.6. The molecule has 0 atom stereocenters. The van der Waals surface area contributed by atoms with Gasteiger partial charge in [-0.25, -0.2) is 4.79 Å². The maximum Gasteiger partial charge on any atom is 0.343 e. The van der Waals surface area contributed by atoms with Crippen LogP contribution in [0.15, 0.2) is 23.1 Å². The zero-order chi connectivity index (χ0) is 15.9. The van der Waals surface area contributed by atoms with Crippen molar-refractivity contribution in [2.75, 3.05) is 6.61 Å². The molecule has 2 aromatic heterocycles. The molecule has 4 nitrogen and oxygen atoms in total. The number of nitrogens with zero attached hydrogens (tertiary/aromatic N) is 1. The van der Waals surface area contributed by atoms with Gasteiger partial charge in [-0.15, -0.1) is 22.7 Å². The molecule has 0 unspecified atom stereocenters. The van der Waals surface area contributed by atoms with Crippen LogP contribution in [0.3, 0.4) is 0 Å². The van der Waals surface area contributed by atoms with Crippen molar-refractivity contribution >= 4 is 61.2 Å². The fraction of sp³-hybridized carbons (Fsp3) is 0.267. The zero-order valence-corrected chi connectivity index (χ0v) is 14.5. The second-order valence-electron chi connectivity index (χ2n) is 4.65. The van der Waals surface area contributed by atoms with E-state index in [9.17, 15) is 9.59 Å². The van der Waals surface area contributed by atoms with Crippen molar-refractivity contribution in [2.24, 2.45) is 0 Å². The van der Waals surface area contributed by atoms with Crippen LogP contribution in [0.4, 0.5) is 0 Å². The molecule has 0 radical (unpaired) electrons. The molecule has 0 fully saturated rings. The highest BCUT2D eigenvalue weighted by Crippen LogP contribution is 2.31. The molecule has 22 heavy (non-hydrogen) atoms. The zero-order valence-electron chi connectivity index (χ0n) is 12.0. The number of benzene rings is 1. The summed E-state index contributed by atoms with van der Waals surface area (Å²) < 4.78 is 9.75. The number of hydrogen-bond acceptors (Lipinski definition) is 6. The predicted octanol–water partition coefficient (Wildman–Crippen LogP) is 4.20. The first-order valence-corrected chi connectivity index (χ1v) is 8.87. The van der Waals surface area contributed by atoms with Crippen molar-refractivity contribution in [1.82, 2.24) is 4.57 Å². The maximum atomic E-state index is 12.6. The van der Waals surface area contributed by atoms with Crippen molar-refractivity contribution in [3.8, 4) is 0 Å².